The Morgan fingerprint density at radius 2 is 0.773 bits per heavy atom. The molecule has 0 bridgehead atoms. The van der Waals surface area contributed by atoms with Gasteiger partial charge in [-0.05, 0) is 120 Å². The fraction of sp³-hybridized carbons (Fsp3) is 0. The third-order valence-electron chi connectivity index (χ3n) is 8.13. The molecule has 4 heteroatoms. The second kappa shape index (κ2) is 10.6. The van der Waals surface area contributed by atoms with Gasteiger partial charge in [0.2, 0.25) is 0 Å². The highest BCUT2D eigenvalue weighted by Crippen LogP contribution is 2.46. The fourth-order valence-electron chi connectivity index (χ4n) is 6.14. The molecule has 0 aliphatic rings. The molecule has 200 valence electrons. The average molecular weight is 557 g/mol. The van der Waals surface area contributed by atoms with Crippen molar-refractivity contribution in [3.8, 4) is 57.7 Å². The van der Waals surface area contributed by atoms with Gasteiger partial charge in [0.1, 0.15) is 0 Å². The van der Waals surface area contributed by atoms with Crippen molar-refractivity contribution in [3.63, 3.8) is 0 Å². The Morgan fingerprint density at radius 1 is 0.318 bits per heavy atom. The van der Waals surface area contributed by atoms with Crippen LogP contribution in [0.5, 0.6) is 0 Å². The average Bonchev–Trinajstić information content (AvgIpc) is 3.10. The summed E-state index contributed by atoms with van der Waals surface area (Å²) in [6, 6.07) is 48.1. The van der Waals surface area contributed by atoms with Crippen LogP contribution in [0.2, 0.25) is 0 Å². The van der Waals surface area contributed by atoms with Gasteiger partial charge in [-0.25, -0.2) is 0 Å². The highest BCUT2D eigenvalue weighted by atomic mass is 14.3. The summed E-state index contributed by atoms with van der Waals surface area (Å²) in [6.07, 6.45) is 0. The Bertz CT molecular complexity index is 2490. The van der Waals surface area contributed by atoms with Gasteiger partial charge in [-0.3, -0.25) is 0 Å². The largest absolute Gasteiger partial charge is 0.192 e. The van der Waals surface area contributed by atoms with Crippen molar-refractivity contribution in [1.29, 1.82) is 21.0 Å². The van der Waals surface area contributed by atoms with Gasteiger partial charge in [-0.2, -0.15) is 21.0 Å². The fourth-order valence-corrected chi connectivity index (χ4v) is 6.14. The molecule has 0 aromatic heterocycles. The number of rotatable bonds is 3. The standard InChI is InChI=1S/C40H20N4/c41-21-25-4-1-7-29(16-25)30-11-13-35-37-19-28(24-44)10-12-36(37)39-33(31-8-2-5-26(17-31)22-42)14-15-34(40(39)38(35)20-30)32-9-3-6-27(18-32)23-43/h1-20H. The van der Waals surface area contributed by atoms with Crippen LogP contribution in [0, 0.1) is 45.3 Å². The maximum atomic E-state index is 9.82. The molecule has 0 aliphatic carbocycles. The first-order valence-electron chi connectivity index (χ1n) is 14.0. The van der Waals surface area contributed by atoms with Crippen LogP contribution < -0.4 is 0 Å². The molecule has 0 N–H and O–H groups in total. The number of hydrogen-bond donors (Lipinski definition) is 0. The van der Waals surface area contributed by atoms with E-state index in [-0.39, 0.29) is 0 Å². The minimum absolute atomic E-state index is 0.565. The van der Waals surface area contributed by atoms with Crippen molar-refractivity contribution in [3.05, 3.63) is 144 Å². The highest BCUT2D eigenvalue weighted by molar-refractivity contribution is 6.32. The lowest BCUT2D eigenvalue weighted by atomic mass is 9.84. The van der Waals surface area contributed by atoms with Crippen molar-refractivity contribution in [1.82, 2.24) is 0 Å². The van der Waals surface area contributed by atoms with E-state index in [0.29, 0.717) is 22.3 Å². The summed E-state index contributed by atoms with van der Waals surface area (Å²) >= 11 is 0. The van der Waals surface area contributed by atoms with Crippen LogP contribution in [0.15, 0.2) is 121 Å². The zero-order chi connectivity index (χ0) is 30.2. The van der Waals surface area contributed by atoms with E-state index in [1.165, 1.54) is 0 Å². The van der Waals surface area contributed by atoms with Crippen LogP contribution in [0.1, 0.15) is 22.3 Å². The molecule has 0 atom stereocenters. The zero-order valence-corrected chi connectivity index (χ0v) is 23.3. The predicted octanol–water partition coefficient (Wildman–Crippen LogP) is 9.63. The Hall–Kier alpha value is -6.72. The van der Waals surface area contributed by atoms with Crippen LogP contribution in [0.4, 0.5) is 0 Å². The van der Waals surface area contributed by atoms with Crippen molar-refractivity contribution in [2.24, 2.45) is 0 Å². The summed E-state index contributed by atoms with van der Waals surface area (Å²) in [7, 11) is 0. The van der Waals surface area contributed by atoms with Gasteiger partial charge < -0.3 is 0 Å². The molecular formula is C40H20N4. The first-order chi connectivity index (χ1) is 21.6. The van der Waals surface area contributed by atoms with E-state index in [9.17, 15) is 21.0 Å². The number of nitrogens with zero attached hydrogens (tertiary/aromatic N) is 4. The van der Waals surface area contributed by atoms with Gasteiger partial charge in [-0.15, -0.1) is 0 Å². The van der Waals surface area contributed by atoms with Crippen LogP contribution in [-0.2, 0) is 0 Å². The lowest BCUT2D eigenvalue weighted by Crippen LogP contribution is -1.93. The number of nitriles is 4. The number of fused-ring (bicyclic) bond motifs is 6. The summed E-state index contributed by atoms with van der Waals surface area (Å²) in [4.78, 5) is 0. The summed E-state index contributed by atoms with van der Waals surface area (Å²) in [6.45, 7) is 0. The predicted molar refractivity (Wildman–Crippen MR) is 174 cm³/mol. The maximum Gasteiger partial charge on any atom is 0.0991 e. The van der Waals surface area contributed by atoms with Gasteiger partial charge in [0.25, 0.3) is 0 Å². The smallest absolute Gasteiger partial charge is 0.0991 e. The van der Waals surface area contributed by atoms with E-state index < -0.39 is 0 Å². The van der Waals surface area contributed by atoms with E-state index in [1.807, 2.05) is 72.8 Å². The van der Waals surface area contributed by atoms with E-state index in [4.69, 9.17) is 0 Å². The molecule has 0 aliphatic heterocycles. The topological polar surface area (TPSA) is 95.2 Å². The van der Waals surface area contributed by atoms with Crippen LogP contribution >= 0.6 is 0 Å². The molecule has 0 unspecified atom stereocenters. The van der Waals surface area contributed by atoms with E-state index in [2.05, 4.69) is 54.6 Å². The molecule has 0 radical (unpaired) electrons. The third-order valence-corrected chi connectivity index (χ3v) is 8.13. The molecule has 4 nitrogen and oxygen atoms in total. The molecule has 0 amide bonds. The molecule has 7 aromatic rings. The lowest BCUT2D eigenvalue weighted by Gasteiger charge is -2.19. The molecular weight excluding hydrogens is 536 g/mol. The normalized spacial score (nSPS) is 10.6. The number of hydrogen-bond acceptors (Lipinski definition) is 4. The first kappa shape index (κ1) is 26.2. The summed E-state index contributed by atoms with van der Waals surface area (Å²) in [5.74, 6) is 0. The summed E-state index contributed by atoms with van der Waals surface area (Å²) in [5, 5.41) is 44.7. The molecule has 0 saturated heterocycles. The first-order valence-corrected chi connectivity index (χ1v) is 14.0. The molecule has 0 heterocycles. The monoisotopic (exact) mass is 556 g/mol. The van der Waals surface area contributed by atoms with Crippen molar-refractivity contribution < 1.29 is 0 Å². The van der Waals surface area contributed by atoms with Gasteiger partial charge in [0.15, 0.2) is 0 Å². The molecule has 44 heavy (non-hydrogen) atoms. The van der Waals surface area contributed by atoms with Crippen molar-refractivity contribution >= 4 is 32.3 Å². The molecule has 7 rings (SSSR count). The van der Waals surface area contributed by atoms with E-state index in [0.717, 1.165) is 65.7 Å². The third kappa shape index (κ3) is 4.29. The van der Waals surface area contributed by atoms with Crippen LogP contribution in [-0.4, -0.2) is 0 Å². The Labute approximate surface area is 254 Å². The Balaban J connectivity index is 1.71. The van der Waals surface area contributed by atoms with Crippen LogP contribution in [0.3, 0.4) is 0 Å². The SMILES string of the molecule is N#Cc1cccc(-c2ccc3c4cc(C#N)ccc4c4c(-c5cccc(C#N)c5)ccc(-c5cccc(C#N)c5)c4c3c2)c1. The van der Waals surface area contributed by atoms with Gasteiger partial charge >= 0.3 is 0 Å². The lowest BCUT2D eigenvalue weighted by molar-refractivity contribution is 1.48. The minimum atomic E-state index is 0.565. The van der Waals surface area contributed by atoms with Gasteiger partial charge in [-0.1, -0.05) is 66.7 Å². The minimum Gasteiger partial charge on any atom is -0.192 e. The second-order valence-corrected chi connectivity index (χ2v) is 10.6. The summed E-state index contributed by atoms with van der Waals surface area (Å²) < 4.78 is 0. The van der Waals surface area contributed by atoms with Crippen molar-refractivity contribution in [2.75, 3.05) is 0 Å². The van der Waals surface area contributed by atoms with E-state index in [1.54, 1.807) is 18.2 Å². The molecule has 0 saturated carbocycles. The summed E-state index contributed by atoms with van der Waals surface area (Å²) in [5.41, 5.74) is 7.93. The van der Waals surface area contributed by atoms with Crippen molar-refractivity contribution in [2.45, 2.75) is 0 Å². The molecule has 0 spiro atoms. The van der Waals surface area contributed by atoms with E-state index >= 15 is 0 Å². The zero-order valence-electron chi connectivity index (χ0n) is 23.3. The quantitative estimate of drug-likeness (QED) is 0.202. The number of benzene rings is 7. The van der Waals surface area contributed by atoms with Gasteiger partial charge in [0, 0.05) is 0 Å². The van der Waals surface area contributed by atoms with Gasteiger partial charge in [0.05, 0.1) is 46.5 Å². The molecule has 7 aromatic carbocycles. The second-order valence-electron chi connectivity index (χ2n) is 10.6. The Morgan fingerprint density at radius 3 is 1.34 bits per heavy atom. The Kier molecular flexibility index (Phi) is 6.31. The van der Waals surface area contributed by atoms with Crippen LogP contribution in [0.25, 0.3) is 65.7 Å². The maximum absolute atomic E-state index is 9.82. The molecule has 0 fully saturated rings. The highest BCUT2D eigenvalue weighted by Gasteiger charge is 2.19.